The van der Waals surface area contributed by atoms with Gasteiger partial charge in [-0.2, -0.15) is 0 Å². The van der Waals surface area contributed by atoms with E-state index in [0.29, 0.717) is 31.2 Å². The van der Waals surface area contributed by atoms with Crippen LogP contribution in [0.3, 0.4) is 0 Å². The van der Waals surface area contributed by atoms with Crippen molar-refractivity contribution in [2.45, 2.75) is 52.0 Å². The SMILES string of the molecule is CNC(=O)C(c1cccc(Nc2ncc(C)s2)n1)C1CCN(C(=O)[C@@H](N)CC(C)C)CC1. The second kappa shape index (κ2) is 10.9. The van der Waals surface area contributed by atoms with Crippen LogP contribution in [0.4, 0.5) is 10.9 Å². The van der Waals surface area contributed by atoms with Gasteiger partial charge in [0.25, 0.3) is 0 Å². The fourth-order valence-corrected chi connectivity index (χ4v) is 4.93. The molecular formula is C23H34N6O2S. The number of anilines is 2. The van der Waals surface area contributed by atoms with Crippen molar-refractivity contribution in [1.82, 2.24) is 20.2 Å². The van der Waals surface area contributed by atoms with E-state index in [-0.39, 0.29) is 23.7 Å². The largest absolute Gasteiger partial charge is 0.359 e. The molecule has 0 saturated carbocycles. The van der Waals surface area contributed by atoms with Gasteiger partial charge in [-0.25, -0.2) is 9.97 Å². The number of nitrogens with one attached hydrogen (secondary N) is 2. The summed E-state index contributed by atoms with van der Waals surface area (Å²) in [5, 5.41) is 6.80. The van der Waals surface area contributed by atoms with Gasteiger partial charge in [-0.05, 0) is 50.2 Å². The van der Waals surface area contributed by atoms with Gasteiger partial charge in [-0.3, -0.25) is 9.59 Å². The van der Waals surface area contributed by atoms with Gasteiger partial charge in [0.15, 0.2) is 5.13 Å². The van der Waals surface area contributed by atoms with Gasteiger partial charge >= 0.3 is 0 Å². The lowest BCUT2D eigenvalue weighted by atomic mass is 9.81. The number of hydrogen-bond donors (Lipinski definition) is 3. The van der Waals surface area contributed by atoms with E-state index in [9.17, 15) is 9.59 Å². The molecule has 2 aromatic rings. The monoisotopic (exact) mass is 458 g/mol. The first kappa shape index (κ1) is 24.1. The van der Waals surface area contributed by atoms with Crippen molar-refractivity contribution >= 4 is 34.1 Å². The first-order chi connectivity index (χ1) is 15.3. The number of carbonyl (C=O) groups excluding carboxylic acids is 2. The Hall–Kier alpha value is -2.52. The summed E-state index contributed by atoms with van der Waals surface area (Å²) in [6.07, 6.45) is 3.97. The predicted molar refractivity (Wildman–Crippen MR) is 128 cm³/mol. The van der Waals surface area contributed by atoms with Crippen molar-refractivity contribution < 1.29 is 9.59 Å². The average molecular weight is 459 g/mol. The van der Waals surface area contributed by atoms with Gasteiger partial charge in [0.05, 0.1) is 17.7 Å². The van der Waals surface area contributed by atoms with Crippen molar-refractivity contribution in [2.75, 3.05) is 25.5 Å². The molecule has 2 aromatic heterocycles. The summed E-state index contributed by atoms with van der Waals surface area (Å²) in [6.45, 7) is 7.36. The molecule has 3 heterocycles. The number of carbonyl (C=O) groups is 2. The summed E-state index contributed by atoms with van der Waals surface area (Å²) in [4.78, 5) is 37.5. The fraction of sp³-hybridized carbons (Fsp3) is 0.565. The van der Waals surface area contributed by atoms with Gasteiger partial charge in [0.1, 0.15) is 5.82 Å². The molecule has 1 unspecified atom stereocenters. The lowest BCUT2D eigenvalue weighted by molar-refractivity contribution is -0.134. The molecule has 2 amide bonds. The standard InChI is InChI=1S/C23H34N6O2S/c1-14(2)12-17(24)22(31)29-10-8-16(9-11-29)20(21(30)25-4)18-6-5-7-19(27-18)28-23-26-13-15(3)32-23/h5-7,13-14,16-17,20H,8-12,24H2,1-4H3,(H,25,30)(H,26,27,28)/t17-,20?/m0/s1. The number of rotatable bonds is 8. The molecule has 0 aliphatic carbocycles. The van der Waals surface area contributed by atoms with E-state index < -0.39 is 6.04 Å². The van der Waals surface area contributed by atoms with Crippen LogP contribution in [-0.2, 0) is 9.59 Å². The van der Waals surface area contributed by atoms with E-state index in [1.807, 2.05) is 36.2 Å². The summed E-state index contributed by atoms with van der Waals surface area (Å²) in [7, 11) is 1.65. The van der Waals surface area contributed by atoms with Crippen molar-refractivity contribution in [1.29, 1.82) is 0 Å². The Labute approximate surface area is 194 Å². The Kier molecular flexibility index (Phi) is 8.20. The molecule has 0 spiro atoms. The van der Waals surface area contributed by atoms with Crippen LogP contribution in [0.2, 0.25) is 0 Å². The van der Waals surface area contributed by atoms with Gasteiger partial charge in [-0.1, -0.05) is 19.9 Å². The molecule has 3 rings (SSSR count). The Morgan fingerprint density at radius 1 is 1.28 bits per heavy atom. The van der Waals surface area contributed by atoms with Crippen LogP contribution in [0.5, 0.6) is 0 Å². The number of aromatic nitrogens is 2. The normalized spacial score (nSPS) is 16.6. The van der Waals surface area contributed by atoms with Gasteiger partial charge in [0.2, 0.25) is 11.8 Å². The third-order valence-corrected chi connectivity index (χ3v) is 6.67. The molecule has 1 saturated heterocycles. The molecule has 2 atom stereocenters. The number of likely N-dealkylation sites (tertiary alicyclic amines) is 1. The highest BCUT2D eigenvalue weighted by Crippen LogP contribution is 2.33. The van der Waals surface area contributed by atoms with E-state index in [0.717, 1.165) is 28.5 Å². The number of pyridine rings is 1. The summed E-state index contributed by atoms with van der Waals surface area (Å²) in [6, 6.07) is 5.22. The van der Waals surface area contributed by atoms with Crippen LogP contribution in [-0.4, -0.2) is 52.9 Å². The predicted octanol–water partition coefficient (Wildman–Crippen LogP) is 3.03. The molecule has 8 nitrogen and oxygen atoms in total. The van der Waals surface area contributed by atoms with E-state index in [2.05, 4.69) is 29.5 Å². The van der Waals surface area contributed by atoms with Crippen molar-refractivity contribution in [2.24, 2.45) is 17.6 Å². The number of likely N-dealkylation sites (N-methyl/N-ethyl adjacent to an activating group) is 1. The molecular weight excluding hydrogens is 424 g/mol. The second-order valence-corrected chi connectivity index (χ2v) is 10.1. The first-order valence-corrected chi connectivity index (χ1v) is 12.0. The molecule has 0 radical (unpaired) electrons. The van der Waals surface area contributed by atoms with Crippen LogP contribution in [0.15, 0.2) is 24.4 Å². The highest BCUT2D eigenvalue weighted by molar-refractivity contribution is 7.15. The zero-order valence-electron chi connectivity index (χ0n) is 19.3. The Bertz CT molecular complexity index is 923. The van der Waals surface area contributed by atoms with Crippen molar-refractivity contribution in [3.63, 3.8) is 0 Å². The number of nitrogens with zero attached hydrogens (tertiary/aromatic N) is 3. The fourth-order valence-electron chi connectivity index (χ4n) is 4.26. The topological polar surface area (TPSA) is 113 Å². The molecule has 174 valence electrons. The maximum Gasteiger partial charge on any atom is 0.239 e. The summed E-state index contributed by atoms with van der Waals surface area (Å²) < 4.78 is 0. The zero-order chi connectivity index (χ0) is 23.3. The smallest absolute Gasteiger partial charge is 0.239 e. The van der Waals surface area contributed by atoms with Crippen molar-refractivity contribution in [3.05, 3.63) is 35.0 Å². The van der Waals surface area contributed by atoms with E-state index in [4.69, 9.17) is 10.7 Å². The van der Waals surface area contributed by atoms with Crippen LogP contribution in [0, 0.1) is 18.8 Å². The zero-order valence-corrected chi connectivity index (χ0v) is 20.1. The number of aryl methyl sites for hydroxylation is 1. The Balaban J connectivity index is 1.71. The molecule has 1 aliphatic rings. The number of piperidine rings is 1. The molecule has 1 fully saturated rings. The molecule has 0 bridgehead atoms. The minimum atomic E-state index is -0.458. The van der Waals surface area contributed by atoms with Crippen LogP contribution in [0.1, 0.15) is 49.6 Å². The second-order valence-electron chi connectivity index (χ2n) is 8.84. The third kappa shape index (κ3) is 6.04. The highest BCUT2D eigenvalue weighted by atomic mass is 32.1. The quantitative estimate of drug-likeness (QED) is 0.560. The first-order valence-electron chi connectivity index (χ1n) is 11.2. The highest BCUT2D eigenvalue weighted by Gasteiger charge is 2.35. The van der Waals surface area contributed by atoms with Crippen molar-refractivity contribution in [3.8, 4) is 0 Å². The molecule has 1 aliphatic heterocycles. The lowest BCUT2D eigenvalue weighted by Crippen LogP contribution is -2.48. The molecule has 0 aromatic carbocycles. The number of hydrogen-bond acceptors (Lipinski definition) is 7. The number of thiazole rings is 1. The van der Waals surface area contributed by atoms with Crippen LogP contribution < -0.4 is 16.4 Å². The van der Waals surface area contributed by atoms with Gasteiger partial charge < -0.3 is 21.3 Å². The van der Waals surface area contributed by atoms with E-state index in [1.165, 1.54) is 0 Å². The summed E-state index contributed by atoms with van der Waals surface area (Å²) in [5.41, 5.74) is 6.83. The van der Waals surface area contributed by atoms with Crippen LogP contribution >= 0.6 is 11.3 Å². The molecule has 9 heteroatoms. The Morgan fingerprint density at radius 3 is 2.59 bits per heavy atom. The summed E-state index contributed by atoms with van der Waals surface area (Å²) in [5.74, 6) is 0.728. The minimum Gasteiger partial charge on any atom is -0.359 e. The van der Waals surface area contributed by atoms with E-state index >= 15 is 0 Å². The molecule has 32 heavy (non-hydrogen) atoms. The molecule has 4 N–H and O–H groups in total. The van der Waals surface area contributed by atoms with Crippen LogP contribution in [0.25, 0.3) is 0 Å². The average Bonchev–Trinajstić information content (AvgIpc) is 3.18. The number of amides is 2. The maximum absolute atomic E-state index is 12.8. The summed E-state index contributed by atoms with van der Waals surface area (Å²) >= 11 is 1.56. The minimum absolute atomic E-state index is 0.0108. The van der Waals surface area contributed by atoms with E-state index in [1.54, 1.807) is 18.4 Å². The van der Waals surface area contributed by atoms with Gasteiger partial charge in [-0.15, -0.1) is 11.3 Å². The number of nitrogens with two attached hydrogens (primary N) is 1. The Morgan fingerprint density at radius 2 is 2.00 bits per heavy atom. The lowest BCUT2D eigenvalue weighted by Gasteiger charge is -2.36. The van der Waals surface area contributed by atoms with Gasteiger partial charge in [0, 0.05) is 31.2 Å². The maximum atomic E-state index is 12.8. The third-order valence-electron chi connectivity index (χ3n) is 5.84.